The zero-order valence-corrected chi connectivity index (χ0v) is 11.4. The van der Waals surface area contributed by atoms with Gasteiger partial charge in [-0.15, -0.1) is 0 Å². The maximum atomic E-state index is 11.9. The summed E-state index contributed by atoms with van der Waals surface area (Å²) in [6.45, 7) is 2.69. The Morgan fingerprint density at radius 2 is 2.21 bits per heavy atom. The van der Waals surface area contributed by atoms with Gasteiger partial charge in [0.1, 0.15) is 6.04 Å². The van der Waals surface area contributed by atoms with E-state index in [0.717, 1.165) is 43.3 Å². The van der Waals surface area contributed by atoms with Crippen molar-refractivity contribution in [3.63, 3.8) is 0 Å². The third kappa shape index (κ3) is 2.62. The van der Waals surface area contributed by atoms with Crippen LogP contribution in [0.2, 0.25) is 0 Å². The van der Waals surface area contributed by atoms with Crippen LogP contribution in [0, 0.1) is 6.92 Å². The summed E-state index contributed by atoms with van der Waals surface area (Å²) in [5, 5.41) is 0. The molecule has 4 heteroatoms. The summed E-state index contributed by atoms with van der Waals surface area (Å²) in [7, 11) is 1.41. The highest BCUT2D eigenvalue weighted by atomic mass is 16.5. The van der Waals surface area contributed by atoms with Crippen LogP contribution in [0.3, 0.4) is 0 Å². The molecular weight excluding hydrogens is 242 g/mol. The van der Waals surface area contributed by atoms with Gasteiger partial charge in [0.25, 0.3) is 0 Å². The van der Waals surface area contributed by atoms with Gasteiger partial charge in [0.15, 0.2) is 6.29 Å². The lowest BCUT2D eigenvalue weighted by atomic mass is 9.98. The SMILES string of the molecule is COC(=O)C1CCCCN1c1cccc(C)c1C=O. The van der Waals surface area contributed by atoms with Gasteiger partial charge in [-0.3, -0.25) is 4.79 Å². The highest BCUT2D eigenvalue weighted by Gasteiger charge is 2.30. The second-order valence-electron chi connectivity index (χ2n) is 4.85. The van der Waals surface area contributed by atoms with E-state index in [1.54, 1.807) is 0 Å². The second-order valence-corrected chi connectivity index (χ2v) is 4.85. The minimum absolute atomic E-state index is 0.224. The maximum Gasteiger partial charge on any atom is 0.328 e. The topological polar surface area (TPSA) is 46.6 Å². The first kappa shape index (κ1) is 13.6. The number of hydrogen-bond acceptors (Lipinski definition) is 4. The molecule has 1 aliphatic rings. The van der Waals surface area contributed by atoms with Crippen molar-refractivity contribution in [2.75, 3.05) is 18.6 Å². The van der Waals surface area contributed by atoms with Crippen molar-refractivity contribution < 1.29 is 14.3 Å². The summed E-state index contributed by atoms with van der Waals surface area (Å²) in [4.78, 5) is 25.2. The molecule has 1 fully saturated rings. The van der Waals surface area contributed by atoms with Gasteiger partial charge in [-0.25, -0.2) is 4.79 Å². The molecule has 1 heterocycles. The van der Waals surface area contributed by atoms with E-state index in [0.29, 0.717) is 5.56 Å². The molecule has 0 aromatic heterocycles. The molecule has 1 atom stereocenters. The lowest BCUT2D eigenvalue weighted by Crippen LogP contribution is -2.45. The minimum atomic E-state index is -0.278. The van der Waals surface area contributed by atoms with Gasteiger partial charge in [0.05, 0.1) is 7.11 Å². The van der Waals surface area contributed by atoms with Crippen LogP contribution in [0.25, 0.3) is 0 Å². The number of anilines is 1. The maximum absolute atomic E-state index is 11.9. The van der Waals surface area contributed by atoms with E-state index in [9.17, 15) is 9.59 Å². The highest BCUT2D eigenvalue weighted by molar-refractivity contribution is 5.89. The number of rotatable bonds is 3. The highest BCUT2D eigenvalue weighted by Crippen LogP contribution is 2.29. The fourth-order valence-corrected chi connectivity index (χ4v) is 2.67. The van der Waals surface area contributed by atoms with Crippen LogP contribution < -0.4 is 4.90 Å². The smallest absolute Gasteiger partial charge is 0.328 e. The first-order valence-electron chi connectivity index (χ1n) is 6.58. The van der Waals surface area contributed by atoms with Crippen LogP contribution >= 0.6 is 0 Å². The van der Waals surface area contributed by atoms with Gasteiger partial charge in [-0.05, 0) is 37.8 Å². The Labute approximate surface area is 113 Å². The molecular formula is C15H19NO3. The quantitative estimate of drug-likeness (QED) is 0.619. The van der Waals surface area contributed by atoms with Crippen LogP contribution in [0.4, 0.5) is 5.69 Å². The molecule has 0 saturated carbocycles. The van der Waals surface area contributed by atoms with Gasteiger partial charge < -0.3 is 9.64 Å². The van der Waals surface area contributed by atoms with Crippen molar-refractivity contribution in [2.24, 2.45) is 0 Å². The fraction of sp³-hybridized carbons (Fsp3) is 0.467. The lowest BCUT2D eigenvalue weighted by Gasteiger charge is -2.36. The number of aryl methyl sites for hydroxylation is 1. The molecule has 19 heavy (non-hydrogen) atoms. The number of nitrogens with zero attached hydrogens (tertiary/aromatic N) is 1. The number of carbonyl (C=O) groups is 2. The molecule has 2 rings (SSSR count). The average molecular weight is 261 g/mol. The van der Waals surface area contributed by atoms with Crippen LogP contribution in [-0.4, -0.2) is 32.0 Å². The summed E-state index contributed by atoms with van der Waals surface area (Å²) in [6.07, 6.45) is 3.69. The van der Waals surface area contributed by atoms with Crippen LogP contribution in [0.5, 0.6) is 0 Å². The molecule has 0 amide bonds. The van der Waals surface area contributed by atoms with Crippen LogP contribution in [0.1, 0.15) is 35.2 Å². The Morgan fingerprint density at radius 3 is 2.89 bits per heavy atom. The van der Waals surface area contributed by atoms with Crippen LogP contribution in [0.15, 0.2) is 18.2 Å². The average Bonchev–Trinajstić information content (AvgIpc) is 2.46. The number of benzene rings is 1. The van der Waals surface area contributed by atoms with Gasteiger partial charge in [-0.1, -0.05) is 12.1 Å². The molecule has 1 aromatic carbocycles. The third-order valence-electron chi connectivity index (χ3n) is 3.70. The zero-order chi connectivity index (χ0) is 13.8. The van der Waals surface area contributed by atoms with Crippen LogP contribution in [-0.2, 0) is 9.53 Å². The molecule has 0 radical (unpaired) electrons. The summed E-state index contributed by atoms with van der Waals surface area (Å²) in [5.74, 6) is -0.224. The molecule has 1 aliphatic heterocycles. The molecule has 102 valence electrons. The van der Waals surface area contributed by atoms with E-state index in [1.807, 2.05) is 30.0 Å². The number of piperidine rings is 1. The molecule has 1 aromatic rings. The predicted molar refractivity (Wildman–Crippen MR) is 73.6 cm³/mol. The van der Waals surface area contributed by atoms with E-state index in [4.69, 9.17) is 4.74 Å². The summed E-state index contributed by atoms with van der Waals surface area (Å²) in [5.41, 5.74) is 2.44. The van der Waals surface area contributed by atoms with Gasteiger partial charge in [0, 0.05) is 17.8 Å². The lowest BCUT2D eigenvalue weighted by molar-refractivity contribution is -0.142. The van der Waals surface area contributed by atoms with Crippen molar-refractivity contribution >= 4 is 17.9 Å². The Hall–Kier alpha value is -1.84. The third-order valence-corrected chi connectivity index (χ3v) is 3.70. The van der Waals surface area contributed by atoms with E-state index < -0.39 is 0 Å². The van der Waals surface area contributed by atoms with E-state index >= 15 is 0 Å². The summed E-state index contributed by atoms with van der Waals surface area (Å²) >= 11 is 0. The zero-order valence-electron chi connectivity index (χ0n) is 11.4. The largest absolute Gasteiger partial charge is 0.467 e. The Balaban J connectivity index is 2.40. The first-order chi connectivity index (χ1) is 9.19. The number of ether oxygens (including phenoxy) is 1. The van der Waals surface area contributed by atoms with Crippen molar-refractivity contribution in [3.05, 3.63) is 29.3 Å². The monoisotopic (exact) mass is 261 g/mol. The Morgan fingerprint density at radius 1 is 1.42 bits per heavy atom. The van der Waals surface area contributed by atoms with Crippen molar-refractivity contribution in [1.29, 1.82) is 0 Å². The second kappa shape index (κ2) is 5.87. The standard InChI is InChI=1S/C15H19NO3/c1-11-6-5-8-13(12(11)10-17)16-9-4-3-7-14(16)15(18)19-2/h5-6,8,10,14H,3-4,7,9H2,1-2H3. The Kier molecular flexibility index (Phi) is 4.20. The number of carbonyl (C=O) groups excluding carboxylic acids is 2. The predicted octanol–water partition coefficient (Wildman–Crippen LogP) is 2.34. The summed E-state index contributed by atoms with van der Waals surface area (Å²) in [6, 6.07) is 5.45. The van der Waals surface area contributed by atoms with E-state index in [1.165, 1.54) is 7.11 Å². The van der Waals surface area contributed by atoms with Gasteiger partial charge in [-0.2, -0.15) is 0 Å². The normalized spacial score (nSPS) is 19.1. The van der Waals surface area contributed by atoms with E-state index in [2.05, 4.69) is 0 Å². The summed E-state index contributed by atoms with van der Waals surface area (Å²) < 4.78 is 4.88. The molecule has 1 saturated heterocycles. The van der Waals surface area contributed by atoms with Crippen molar-refractivity contribution in [2.45, 2.75) is 32.2 Å². The molecule has 0 N–H and O–H groups in total. The van der Waals surface area contributed by atoms with E-state index in [-0.39, 0.29) is 12.0 Å². The Bertz CT molecular complexity index is 484. The molecule has 0 spiro atoms. The minimum Gasteiger partial charge on any atom is -0.467 e. The number of aldehydes is 1. The molecule has 1 unspecified atom stereocenters. The van der Waals surface area contributed by atoms with Gasteiger partial charge in [0.2, 0.25) is 0 Å². The number of methoxy groups -OCH3 is 1. The first-order valence-corrected chi connectivity index (χ1v) is 6.58. The van der Waals surface area contributed by atoms with Crippen molar-refractivity contribution in [3.8, 4) is 0 Å². The molecule has 4 nitrogen and oxygen atoms in total. The van der Waals surface area contributed by atoms with Crippen molar-refractivity contribution in [1.82, 2.24) is 0 Å². The molecule has 0 bridgehead atoms. The van der Waals surface area contributed by atoms with Gasteiger partial charge >= 0.3 is 5.97 Å². The number of esters is 1. The molecule has 0 aliphatic carbocycles. The number of hydrogen-bond donors (Lipinski definition) is 0. The fourth-order valence-electron chi connectivity index (χ4n) is 2.67.